The fraction of sp³-hybridized carbons (Fsp3) is 1.00. The Balaban J connectivity index is 1.86. The summed E-state index contributed by atoms with van der Waals surface area (Å²) in [4.78, 5) is 2.57. The van der Waals surface area contributed by atoms with Crippen LogP contribution < -0.4 is 5.32 Å². The summed E-state index contributed by atoms with van der Waals surface area (Å²) < 4.78 is 0. The second kappa shape index (κ2) is 6.36. The smallest absolute Gasteiger partial charge is 0.0571 e. The first-order chi connectivity index (χ1) is 8.60. The molecule has 106 valence electrons. The van der Waals surface area contributed by atoms with Crippen LogP contribution in [0.5, 0.6) is 0 Å². The molecule has 0 bridgehead atoms. The Morgan fingerprint density at radius 3 is 2.56 bits per heavy atom. The number of likely N-dealkylation sites (N-methyl/N-ethyl adjacent to an activating group) is 1. The lowest BCUT2D eigenvalue weighted by Crippen LogP contribution is -2.51. The van der Waals surface area contributed by atoms with Crippen LogP contribution in [-0.4, -0.2) is 47.8 Å². The van der Waals surface area contributed by atoms with E-state index >= 15 is 0 Å². The summed E-state index contributed by atoms with van der Waals surface area (Å²) in [5.41, 5.74) is 0. The third-order valence-corrected chi connectivity index (χ3v) is 4.53. The average molecular weight is 254 g/mol. The Morgan fingerprint density at radius 1 is 1.28 bits per heavy atom. The van der Waals surface area contributed by atoms with Gasteiger partial charge in [0, 0.05) is 25.2 Å². The number of nitrogens with zero attached hydrogens (tertiary/aromatic N) is 1. The van der Waals surface area contributed by atoms with Crippen LogP contribution in [0.4, 0.5) is 0 Å². The average Bonchev–Trinajstić information content (AvgIpc) is 3.12. The standard InChI is InChI=1S/C15H30N2O/c1-4-16-14-7-12(8-15(18)13-5-6-13)9-17(10-14)11(2)3/h11-16,18H,4-10H2,1-3H3. The van der Waals surface area contributed by atoms with Crippen LogP contribution in [0.25, 0.3) is 0 Å². The highest BCUT2D eigenvalue weighted by Gasteiger charge is 2.34. The van der Waals surface area contributed by atoms with Crippen LogP contribution >= 0.6 is 0 Å². The van der Waals surface area contributed by atoms with Crippen LogP contribution in [0.3, 0.4) is 0 Å². The Morgan fingerprint density at radius 2 is 2.00 bits per heavy atom. The van der Waals surface area contributed by atoms with Gasteiger partial charge in [-0.05, 0) is 57.9 Å². The molecule has 2 aliphatic rings. The third-order valence-electron chi connectivity index (χ3n) is 4.53. The molecule has 3 heteroatoms. The van der Waals surface area contributed by atoms with Gasteiger partial charge in [0.1, 0.15) is 0 Å². The zero-order valence-electron chi connectivity index (χ0n) is 12.2. The normalized spacial score (nSPS) is 31.8. The molecule has 3 unspecified atom stereocenters. The summed E-state index contributed by atoms with van der Waals surface area (Å²) in [6.45, 7) is 10.1. The Kier molecular flexibility index (Phi) is 5.05. The summed E-state index contributed by atoms with van der Waals surface area (Å²) in [6, 6.07) is 1.23. The monoisotopic (exact) mass is 254 g/mol. The predicted molar refractivity (Wildman–Crippen MR) is 75.6 cm³/mol. The summed E-state index contributed by atoms with van der Waals surface area (Å²) in [5.74, 6) is 1.29. The van der Waals surface area contributed by atoms with E-state index in [0.717, 1.165) is 13.0 Å². The molecule has 0 aromatic rings. The summed E-state index contributed by atoms with van der Waals surface area (Å²) >= 11 is 0. The van der Waals surface area contributed by atoms with E-state index in [1.165, 1.54) is 32.4 Å². The quantitative estimate of drug-likeness (QED) is 0.759. The molecule has 1 saturated heterocycles. The molecule has 1 aliphatic heterocycles. The molecule has 1 heterocycles. The molecule has 3 atom stereocenters. The van der Waals surface area contributed by atoms with Gasteiger partial charge in [-0.2, -0.15) is 0 Å². The van der Waals surface area contributed by atoms with Crippen molar-refractivity contribution in [1.29, 1.82) is 0 Å². The van der Waals surface area contributed by atoms with Gasteiger partial charge in [0.2, 0.25) is 0 Å². The van der Waals surface area contributed by atoms with Gasteiger partial charge in [-0.3, -0.25) is 4.90 Å². The SMILES string of the molecule is CCNC1CC(CC(O)C2CC2)CN(C(C)C)C1. The van der Waals surface area contributed by atoms with Gasteiger partial charge in [-0.15, -0.1) is 0 Å². The summed E-state index contributed by atoms with van der Waals surface area (Å²) in [7, 11) is 0. The van der Waals surface area contributed by atoms with Crippen LogP contribution in [0.2, 0.25) is 0 Å². The largest absolute Gasteiger partial charge is 0.393 e. The zero-order valence-corrected chi connectivity index (χ0v) is 12.2. The van der Waals surface area contributed by atoms with Crippen molar-refractivity contribution >= 4 is 0 Å². The number of aliphatic hydroxyl groups excluding tert-OH is 1. The number of likely N-dealkylation sites (tertiary alicyclic amines) is 1. The lowest BCUT2D eigenvalue weighted by Gasteiger charge is -2.41. The molecule has 0 aromatic carbocycles. The number of aliphatic hydroxyl groups is 1. The maximum atomic E-state index is 10.1. The second-order valence-corrected chi connectivity index (χ2v) is 6.54. The molecule has 2 rings (SSSR count). The van der Waals surface area contributed by atoms with Gasteiger partial charge in [-0.25, -0.2) is 0 Å². The molecule has 1 saturated carbocycles. The molecular weight excluding hydrogens is 224 g/mol. The maximum Gasteiger partial charge on any atom is 0.0571 e. The van der Waals surface area contributed by atoms with E-state index in [1.807, 2.05) is 0 Å². The molecule has 0 radical (unpaired) electrons. The molecule has 2 fully saturated rings. The second-order valence-electron chi connectivity index (χ2n) is 6.54. The lowest BCUT2D eigenvalue weighted by molar-refractivity contribution is 0.0628. The maximum absolute atomic E-state index is 10.1. The van der Waals surface area contributed by atoms with Crippen molar-refractivity contribution in [3.05, 3.63) is 0 Å². The van der Waals surface area contributed by atoms with E-state index in [9.17, 15) is 5.11 Å². The first kappa shape index (κ1) is 14.3. The van der Waals surface area contributed by atoms with Gasteiger partial charge in [0.15, 0.2) is 0 Å². The molecule has 0 amide bonds. The highest BCUT2D eigenvalue weighted by Crippen LogP contribution is 2.36. The van der Waals surface area contributed by atoms with Crippen LogP contribution in [0.1, 0.15) is 46.5 Å². The summed E-state index contributed by atoms with van der Waals surface area (Å²) in [5, 5.41) is 13.7. The Bertz CT molecular complexity index is 251. The number of piperidine rings is 1. The molecule has 2 N–H and O–H groups in total. The highest BCUT2D eigenvalue weighted by molar-refractivity contribution is 4.89. The van der Waals surface area contributed by atoms with E-state index < -0.39 is 0 Å². The van der Waals surface area contributed by atoms with Crippen molar-refractivity contribution in [3.8, 4) is 0 Å². The Hall–Kier alpha value is -0.120. The van der Waals surface area contributed by atoms with Crippen molar-refractivity contribution in [1.82, 2.24) is 10.2 Å². The number of hydrogen-bond acceptors (Lipinski definition) is 3. The molecular formula is C15H30N2O. The van der Waals surface area contributed by atoms with E-state index in [4.69, 9.17) is 0 Å². The molecule has 1 aliphatic carbocycles. The van der Waals surface area contributed by atoms with Crippen molar-refractivity contribution in [3.63, 3.8) is 0 Å². The number of hydrogen-bond donors (Lipinski definition) is 2. The third kappa shape index (κ3) is 3.94. The van der Waals surface area contributed by atoms with Crippen LogP contribution in [0.15, 0.2) is 0 Å². The van der Waals surface area contributed by atoms with Gasteiger partial charge in [0.25, 0.3) is 0 Å². The van der Waals surface area contributed by atoms with E-state index in [-0.39, 0.29) is 6.10 Å². The minimum Gasteiger partial charge on any atom is -0.393 e. The van der Waals surface area contributed by atoms with Crippen molar-refractivity contribution in [2.24, 2.45) is 11.8 Å². The first-order valence-electron chi connectivity index (χ1n) is 7.75. The van der Waals surface area contributed by atoms with Crippen LogP contribution in [0, 0.1) is 11.8 Å². The van der Waals surface area contributed by atoms with Gasteiger partial charge in [-0.1, -0.05) is 6.92 Å². The minimum absolute atomic E-state index is 0.0376. The predicted octanol–water partition coefficient (Wildman–Crippen LogP) is 1.86. The van der Waals surface area contributed by atoms with Crippen molar-refractivity contribution < 1.29 is 5.11 Å². The topological polar surface area (TPSA) is 35.5 Å². The first-order valence-corrected chi connectivity index (χ1v) is 7.75. The Labute approximate surface area is 112 Å². The van der Waals surface area contributed by atoms with E-state index in [2.05, 4.69) is 31.0 Å². The van der Waals surface area contributed by atoms with Crippen molar-refractivity contribution in [2.45, 2.75) is 64.6 Å². The molecule has 3 nitrogen and oxygen atoms in total. The number of nitrogens with one attached hydrogen (secondary N) is 1. The van der Waals surface area contributed by atoms with Gasteiger partial charge >= 0.3 is 0 Å². The van der Waals surface area contributed by atoms with Crippen molar-refractivity contribution in [2.75, 3.05) is 19.6 Å². The van der Waals surface area contributed by atoms with E-state index in [0.29, 0.717) is 23.9 Å². The zero-order chi connectivity index (χ0) is 13.1. The van der Waals surface area contributed by atoms with Gasteiger partial charge in [0.05, 0.1) is 6.10 Å². The fourth-order valence-electron chi connectivity index (χ4n) is 3.28. The lowest BCUT2D eigenvalue weighted by atomic mass is 9.87. The number of rotatable bonds is 6. The molecule has 18 heavy (non-hydrogen) atoms. The molecule has 0 aromatic heterocycles. The van der Waals surface area contributed by atoms with Gasteiger partial charge < -0.3 is 10.4 Å². The minimum atomic E-state index is -0.0376. The highest BCUT2D eigenvalue weighted by atomic mass is 16.3. The molecule has 0 spiro atoms. The van der Waals surface area contributed by atoms with E-state index in [1.54, 1.807) is 0 Å². The summed E-state index contributed by atoms with van der Waals surface area (Å²) in [6.07, 6.45) is 4.71. The fourth-order valence-corrected chi connectivity index (χ4v) is 3.28. The van der Waals surface area contributed by atoms with Crippen LogP contribution in [-0.2, 0) is 0 Å².